The summed E-state index contributed by atoms with van der Waals surface area (Å²) in [5.74, 6) is 0.277. The molecule has 2 N–H and O–H groups in total. The molecule has 32 heavy (non-hydrogen) atoms. The molecule has 4 nitrogen and oxygen atoms in total. The first-order chi connectivity index (χ1) is 15.3. The molecule has 1 aliphatic heterocycles. The Morgan fingerprint density at radius 3 is 2.50 bits per heavy atom. The van der Waals surface area contributed by atoms with E-state index in [1.54, 1.807) is 18.2 Å². The van der Waals surface area contributed by atoms with Crippen LogP contribution in [0.1, 0.15) is 35.1 Å². The van der Waals surface area contributed by atoms with Crippen molar-refractivity contribution in [3.05, 3.63) is 99.6 Å². The van der Waals surface area contributed by atoms with Crippen LogP contribution in [0.25, 0.3) is 0 Å². The highest BCUT2D eigenvalue weighted by atomic mass is 35.5. The van der Waals surface area contributed by atoms with E-state index >= 15 is 0 Å². The molecule has 0 bridgehead atoms. The van der Waals surface area contributed by atoms with Crippen LogP contribution < -0.4 is 10.0 Å². The molecule has 0 spiro atoms. The predicted molar refractivity (Wildman–Crippen MR) is 131 cm³/mol. The number of hydrogen-bond donors (Lipinski definition) is 2. The van der Waals surface area contributed by atoms with E-state index in [1.165, 1.54) is 0 Å². The lowest BCUT2D eigenvalue weighted by Crippen LogP contribution is -2.30. The molecule has 0 amide bonds. The monoisotopic (exact) mass is 484 g/mol. The highest BCUT2D eigenvalue weighted by Gasteiger charge is 2.40. The van der Waals surface area contributed by atoms with Gasteiger partial charge in [-0.1, -0.05) is 59.6 Å². The minimum absolute atomic E-state index is 0.0590. The summed E-state index contributed by atoms with van der Waals surface area (Å²) in [7, 11) is -3.72. The number of hydrogen-bond acceptors (Lipinski definition) is 3. The molecule has 2 aliphatic rings. The number of rotatable bonds is 4. The lowest BCUT2D eigenvalue weighted by molar-refractivity contribution is 0.425. The second-order valence-corrected chi connectivity index (χ2v) is 10.8. The van der Waals surface area contributed by atoms with E-state index in [4.69, 9.17) is 23.2 Å². The summed E-state index contributed by atoms with van der Waals surface area (Å²) in [5.41, 5.74) is 4.20. The number of fused-ring (bicyclic) bond motifs is 3. The molecule has 0 unspecified atom stereocenters. The Morgan fingerprint density at radius 2 is 1.75 bits per heavy atom. The lowest BCUT2D eigenvalue weighted by atomic mass is 9.77. The molecular weight excluding hydrogens is 463 g/mol. The summed E-state index contributed by atoms with van der Waals surface area (Å²) in [5, 5.41) is 4.84. The molecule has 0 fully saturated rings. The molecule has 1 aliphatic carbocycles. The van der Waals surface area contributed by atoms with Gasteiger partial charge in [-0.2, -0.15) is 0 Å². The third kappa shape index (κ3) is 3.68. The normalized spacial score (nSPS) is 21.5. The number of anilines is 2. The van der Waals surface area contributed by atoms with Gasteiger partial charge in [-0.3, -0.25) is 4.72 Å². The average Bonchev–Trinajstić information content (AvgIpc) is 3.25. The van der Waals surface area contributed by atoms with Gasteiger partial charge in [0.2, 0.25) is 0 Å². The van der Waals surface area contributed by atoms with Gasteiger partial charge in [-0.05, 0) is 66.8 Å². The van der Waals surface area contributed by atoms with Crippen LogP contribution in [-0.2, 0) is 10.0 Å². The van der Waals surface area contributed by atoms with Crippen LogP contribution in [0.5, 0.6) is 0 Å². The van der Waals surface area contributed by atoms with E-state index in [1.807, 2.05) is 49.4 Å². The largest absolute Gasteiger partial charge is 0.378 e. The summed E-state index contributed by atoms with van der Waals surface area (Å²) in [6.07, 6.45) is 5.17. The molecule has 164 valence electrons. The van der Waals surface area contributed by atoms with Crippen LogP contribution in [0.2, 0.25) is 10.0 Å². The summed E-state index contributed by atoms with van der Waals surface area (Å²) >= 11 is 13.0. The van der Waals surface area contributed by atoms with Crippen LogP contribution in [0.3, 0.4) is 0 Å². The maximum Gasteiger partial charge on any atom is 0.261 e. The molecule has 0 radical (unpaired) electrons. The molecule has 0 saturated heterocycles. The molecule has 7 heteroatoms. The smallest absolute Gasteiger partial charge is 0.261 e. The highest BCUT2D eigenvalue weighted by molar-refractivity contribution is 7.92. The van der Waals surface area contributed by atoms with Gasteiger partial charge in [0.05, 0.1) is 16.6 Å². The first-order valence-electron chi connectivity index (χ1n) is 10.4. The fourth-order valence-corrected chi connectivity index (χ4v) is 6.52. The molecule has 0 saturated carbocycles. The van der Waals surface area contributed by atoms with Crippen molar-refractivity contribution in [2.24, 2.45) is 5.92 Å². The Bertz CT molecular complexity index is 1320. The minimum Gasteiger partial charge on any atom is -0.378 e. The maximum absolute atomic E-state index is 13.1. The summed E-state index contributed by atoms with van der Waals surface area (Å²) in [6, 6.07) is 18.1. The van der Waals surface area contributed by atoms with Crippen LogP contribution >= 0.6 is 23.2 Å². The Labute approximate surface area is 198 Å². The van der Waals surface area contributed by atoms with Gasteiger partial charge in [0, 0.05) is 27.2 Å². The zero-order chi connectivity index (χ0) is 22.5. The topological polar surface area (TPSA) is 58.2 Å². The van der Waals surface area contributed by atoms with E-state index in [9.17, 15) is 8.42 Å². The van der Waals surface area contributed by atoms with E-state index < -0.39 is 10.0 Å². The van der Waals surface area contributed by atoms with Gasteiger partial charge in [-0.25, -0.2) is 8.42 Å². The van der Waals surface area contributed by atoms with Gasteiger partial charge < -0.3 is 5.32 Å². The van der Waals surface area contributed by atoms with Crippen molar-refractivity contribution in [1.29, 1.82) is 0 Å². The van der Waals surface area contributed by atoms with Crippen molar-refractivity contribution in [3.8, 4) is 0 Å². The van der Waals surface area contributed by atoms with Gasteiger partial charge in [0.15, 0.2) is 0 Å². The predicted octanol–water partition coefficient (Wildman–Crippen LogP) is 6.93. The Kier molecular flexibility index (Phi) is 5.44. The molecule has 1 heterocycles. The van der Waals surface area contributed by atoms with E-state index in [2.05, 4.69) is 22.2 Å². The fraction of sp³-hybridized carbons (Fsp3) is 0.200. The van der Waals surface area contributed by atoms with Crippen molar-refractivity contribution in [1.82, 2.24) is 0 Å². The minimum atomic E-state index is -3.72. The van der Waals surface area contributed by atoms with Gasteiger partial charge >= 0.3 is 0 Å². The lowest BCUT2D eigenvalue weighted by Gasteiger charge is -2.38. The number of nitrogens with one attached hydrogen (secondary N) is 2. The number of benzene rings is 3. The second-order valence-electron chi connectivity index (χ2n) is 8.28. The number of halogens is 2. The number of para-hydroxylation sites is 1. The second kappa shape index (κ2) is 8.14. The van der Waals surface area contributed by atoms with Crippen molar-refractivity contribution < 1.29 is 8.42 Å². The Morgan fingerprint density at radius 1 is 1.00 bits per heavy atom. The zero-order valence-electron chi connectivity index (χ0n) is 17.3. The maximum atomic E-state index is 13.1. The summed E-state index contributed by atoms with van der Waals surface area (Å²) in [6.45, 7) is 1.88. The number of sulfonamides is 1. The fourth-order valence-electron chi connectivity index (χ4n) is 4.72. The zero-order valence-corrected chi connectivity index (χ0v) is 19.7. The Balaban J connectivity index is 1.53. The average molecular weight is 485 g/mol. The van der Waals surface area contributed by atoms with Crippen molar-refractivity contribution in [2.45, 2.75) is 30.2 Å². The number of allylic oxidation sites excluding steroid dienone is 2. The summed E-state index contributed by atoms with van der Waals surface area (Å²) in [4.78, 5) is 0.245. The van der Waals surface area contributed by atoms with Crippen LogP contribution in [0, 0.1) is 12.8 Å². The first kappa shape index (κ1) is 21.4. The van der Waals surface area contributed by atoms with E-state index in [0.29, 0.717) is 15.7 Å². The molecular formula is C25H22Cl2N2O2S. The van der Waals surface area contributed by atoms with Crippen LogP contribution in [0.4, 0.5) is 11.4 Å². The van der Waals surface area contributed by atoms with Crippen LogP contribution in [-0.4, -0.2) is 8.42 Å². The van der Waals surface area contributed by atoms with Crippen molar-refractivity contribution in [2.75, 3.05) is 10.0 Å². The third-order valence-corrected chi connectivity index (χ3v) is 8.37. The first-order valence-corrected chi connectivity index (χ1v) is 12.7. The molecule has 0 aromatic heterocycles. The van der Waals surface area contributed by atoms with Crippen LogP contribution in [0.15, 0.2) is 77.7 Å². The summed E-state index contributed by atoms with van der Waals surface area (Å²) < 4.78 is 29.0. The third-order valence-electron chi connectivity index (χ3n) is 6.34. The van der Waals surface area contributed by atoms with Gasteiger partial charge in [-0.15, -0.1) is 0 Å². The SMILES string of the molecule is Cc1ccccc1NS(=O)(=O)c1ccc2c(c1)[C@H]1C=CC[C@H]1[C@@H](c1c(Cl)cccc1Cl)N2. The molecule has 3 atom stereocenters. The van der Waals surface area contributed by atoms with E-state index in [-0.39, 0.29) is 22.8 Å². The highest BCUT2D eigenvalue weighted by Crippen LogP contribution is 2.52. The van der Waals surface area contributed by atoms with Gasteiger partial charge in [0.1, 0.15) is 0 Å². The standard InChI is InChI=1S/C25H22Cl2N2O2S/c1-15-6-2-3-11-22(15)29-32(30,31)16-12-13-23-19(14-16)17-7-4-8-18(17)25(28-23)24-20(26)9-5-10-21(24)27/h2-7,9-14,17-18,25,28-29H,8H2,1H3/t17-,18+,25-/m0/s1. The quantitative estimate of drug-likeness (QED) is 0.394. The Hall–Kier alpha value is -2.47. The van der Waals surface area contributed by atoms with Crippen molar-refractivity contribution >= 4 is 44.6 Å². The molecule has 5 rings (SSSR count). The van der Waals surface area contributed by atoms with E-state index in [0.717, 1.165) is 28.8 Å². The van der Waals surface area contributed by atoms with Gasteiger partial charge in [0.25, 0.3) is 10.0 Å². The molecule has 3 aromatic carbocycles. The van der Waals surface area contributed by atoms with Crippen molar-refractivity contribution in [3.63, 3.8) is 0 Å². The number of aryl methyl sites for hydroxylation is 1. The molecule has 3 aromatic rings.